The van der Waals surface area contributed by atoms with Crippen molar-refractivity contribution in [3.63, 3.8) is 0 Å². The number of rotatable bonds is 3. The minimum Gasteiger partial charge on any atom is -0.426 e. The van der Waals surface area contributed by atoms with Crippen molar-refractivity contribution in [2.24, 2.45) is 5.92 Å². The minimum absolute atomic E-state index is 0.0694. The van der Waals surface area contributed by atoms with E-state index in [-0.39, 0.29) is 11.9 Å². The van der Waals surface area contributed by atoms with Gasteiger partial charge in [0, 0.05) is 5.02 Å². The first-order valence-corrected chi connectivity index (χ1v) is 5.40. The van der Waals surface area contributed by atoms with Crippen molar-refractivity contribution in [3.05, 3.63) is 28.8 Å². The highest BCUT2D eigenvalue weighted by Gasteiger charge is 2.13. The number of aryl methyl sites for hydroxylation is 1. The second-order valence-electron chi connectivity index (χ2n) is 3.64. The van der Waals surface area contributed by atoms with Crippen LogP contribution < -0.4 is 4.74 Å². The van der Waals surface area contributed by atoms with E-state index in [2.05, 4.69) is 0 Å². The SMILES string of the molecule is CCC(C)C(=O)Oc1ccc(Cl)cc1C. The van der Waals surface area contributed by atoms with Crippen LogP contribution in [0.15, 0.2) is 18.2 Å². The maximum absolute atomic E-state index is 11.5. The zero-order valence-corrected chi connectivity index (χ0v) is 9.97. The number of carbonyl (C=O) groups excluding carboxylic acids is 1. The third kappa shape index (κ3) is 3.24. The smallest absolute Gasteiger partial charge is 0.314 e. The zero-order chi connectivity index (χ0) is 11.4. The minimum atomic E-state index is -0.192. The van der Waals surface area contributed by atoms with Crippen molar-refractivity contribution in [1.29, 1.82) is 0 Å². The van der Waals surface area contributed by atoms with E-state index in [0.717, 1.165) is 12.0 Å². The van der Waals surface area contributed by atoms with Gasteiger partial charge in [-0.3, -0.25) is 4.79 Å². The first kappa shape index (κ1) is 12.1. The number of carbonyl (C=O) groups is 1. The molecule has 0 aliphatic rings. The van der Waals surface area contributed by atoms with E-state index < -0.39 is 0 Å². The Morgan fingerprint density at radius 2 is 2.20 bits per heavy atom. The van der Waals surface area contributed by atoms with Crippen molar-refractivity contribution in [3.8, 4) is 5.75 Å². The fraction of sp³-hybridized carbons (Fsp3) is 0.417. The highest BCUT2D eigenvalue weighted by molar-refractivity contribution is 6.30. The molecule has 1 rings (SSSR count). The molecular weight excluding hydrogens is 212 g/mol. The van der Waals surface area contributed by atoms with Gasteiger partial charge >= 0.3 is 5.97 Å². The maximum atomic E-state index is 11.5. The standard InChI is InChI=1S/C12H15ClO2/c1-4-8(2)12(14)15-11-6-5-10(13)7-9(11)3/h5-8H,4H2,1-3H3. The summed E-state index contributed by atoms with van der Waals surface area (Å²) in [5, 5.41) is 0.649. The Morgan fingerprint density at radius 3 is 2.73 bits per heavy atom. The van der Waals surface area contributed by atoms with E-state index in [9.17, 15) is 4.79 Å². The van der Waals surface area contributed by atoms with E-state index in [4.69, 9.17) is 16.3 Å². The largest absolute Gasteiger partial charge is 0.426 e. The molecule has 82 valence electrons. The van der Waals surface area contributed by atoms with Crippen LogP contribution in [0, 0.1) is 12.8 Å². The van der Waals surface area contributed by atoms with Crippen LogP contribution in [0.25, 0.3) is 0 Å². The maximum Gasteiger partial charge on any atom is 0.314 e. The summed E-state index contributed by atoms with van der Waals surface area (Å²) in [7, 11) is 0. The molecule has 1 aromatic carbocycles. The number of hydrogen-bond acceptors (Lipinski definition) is 2. The van der Waals surface area contributed by atoms with Gasteiger partial charge in [-0.25, -0.2) is 0 Å². The molecular formula is C12H15ClO2. The third-order valence-corrected chi connectivity index (χ3v) is 2.60. The second-order valence-corrected chi connectivity index (χ2v) is 4.08. The van der Waals surface area contributed by atoms with Crippen LogP contribution in [0.5, 0.6) is 5.75 Å². The molecule has 0 fully saturated rings. The molecule has 1 atom stereocenters. The molecule has 0 bridgehead atoms. The summed E-state index contributed by atoms with van der Waals surface area (Å²) in [6.07, 6.45) is 0.783. The van der Waals surface area contributed by atoms with E-state index in [0.29, 0.717) is 10.8 Å². The van der Waals surface area contributed by atoms with Crippen LogP contribution in [0.1, 0.15) is 25.8 Å². The van der Waals surface area contributed by atoms with Crippen molar-refractivity contribution in [2.75, 3.05) is 0 Å². The van der Waals surface area contributed by atoms with Gasteiger partial charge in [0.15, 0.2) is 0 Å². The molecule has 2 nitrogen and oxygen atoms in total. The molecule has 0 aromatic heterocycles. The Morgan fingerprint density at radius 1 is 1.53 bits per heavy atom. The van der Waals surface area contributed by atoms with Crippen molar-refractivity contribution >= 4 is 17.6 Å². The molecule has 15 heavy (non-hydrogen) atoms. The van der Waals surface area contributed by atoms with Gasteiger partial charge in [-0.2, -0.15) is 0 Å². The summed E-state index contributed by atoms with van der Waals surface area (Å²) >= 11 is 5.80. The van der Waals surface area contributed by atoms with E-state index >= 15 is 0 Å². The van der Waals surface area contributed by atoms with E-state index in [1.165, 1.54) is 0 Å². The molecule has 0 amide bonds. The van der Waals surface area contributed by atoms with Crippen molar-refractivity contribution < 1.29 is 9.53 Å². The van der Waals surface area contributed by atoms with Gasteiger partial charge in [-0.05, 0) is 37.1 Å². The summed E-state index contributed by atoms with van der Waals surface area (Å²) in [6, 6.07) is 5.21. The van der Waals surface area contributed by atoms with Gasteiger partial charge in [0.25, 0.3) is 0 Å². The van der Waals surface area contributed by atoms with Crippen LogP contribution in [-0.2, 0) is 4.79 Å². The first-order chi connectivity index (χ1) is 7.04. The first-order valence-electron chi connectivity index (χ1n) is 5.02. The molecule has 0 aliphatic heterocycles. The highest BCUT2D eigenvalue weighted by atomic mass is 35.5. The average Bonchev–Trinajstić information content (AvgIpc) is 2.20. The second kappa shape index (κ2) is 5.17. The lowest BCUT2D eigenvalue weighted by molar-refractivity contribution is -0.138. The fourth-order valence-corrected chi connectivity index (χ4v) is 1.33. The summed E-state index contributed by atoms with van der Waals surface area (Å²) in [4.78, 5) is 11.5. The summed E-state index contributed by atoms with van der Waals surface area (Å²) in [5.41, 5.74) is 0.874. The lowest BCUT2D eigenvalue weighted by Gasteiger charge is -2.10. The third-order valence-electron chi connectivity index (χ3n) is 2.36. The number of esters is 1. The molecule has 0 N–H and O–H groups in total. The molecule has 0 spiro atoms. The topological polar surface area (TPSA) is 26.3 Å². The summed E-state index contributed by atoms with van der Waals surface area (Å²) in [6.45, 7) is 5.68. The molecule has 0 saturated carbocycles. The summed E-state index contributed by atoms with van der Waals surface area (Å²) in [5.74, 6) is 0.327. The van der Waals surface area contributed by atoms with Crippen molar-refractivity contribution in [1.82, 2.24) is 0 Å². The predicted octanol–water partition coefficient (Wildman–Crippen LogP) is 3.60. The van der Waals surface area contributed by atoms with Crippen LogP contribution in [0.4, 0.5) is 0 Å². The number of benzene rings is 1. The highest BCUT2D eigenvalue weighted by Crippen LogP contribution is 2.22. The number of ether oxygens (including phenoxy) is 1. The van der Waals surface area contributed by atoms with Gasteiger partial charge in [-0.1, -0.05) is 25.4 Å². The predicted molar refractivity (Wildman–Crippen MR) is 61.3 cm³/mol. The van der Waals surface area contributed by atoms with E-state index in [1.807, 2.05) is 20.8 Å². The van der Waals surface area contributed by atoms with Gasteiger partial charge in [0.1, 0.15) is 5.75 Å². The zero-order valence-electron chi connectivity index (χ0n) is 9.21. The van der Waals surface area contributed by atoms with Gasteiger partial charge in [-0.15, -0.1) is 0 Å². The summed E-state index contributed by atoms with van der Waals surface area (Å²) < 4.78 is 5.26. The molecule has 1 unspecified atom stereocenters. The molecule has 0 aliphatic carbocycles. The molecule has 3 heteroatoms. The van der Waals surface area contributed by atoms with Gasteiger partial charge in [0.05, 0.1) is 5.92 Å². The Balaban J connectivity index is 2.77. The molecule has 0 radical (unpaired) electrons. The molecule has 0 saturated heterocycles. The fourth-order valence-electron chi connectivity index (χ4n) is 1.10. The Bertz CT molecular complexity index is 361. The van der Waals surface area contributed by atoms with Crippen LogP contribution in [0.3, 0.4) is 0 Å². The number of halogens is 1. The lowest BCUT2D eigenvalue weighted by atomic mass is 10.1. The van der Waals surface area contributed by atoms with Gasteiger partial charge in [0.2, 0.25) is 0 Å². The lowest BCUT2D eigenvalue weighted by Crippen LogP contribution is -2.17. The van der Waals surface area contributed by atoms with E-state index in [1.54, 1.807) is 18.2 Å². The number of hydrogen-bond donors (Lipinski definition) is 0. The normalized spacial score (nSPS) is 12.3. The van der Waals surface area contributed by atoms with Crippen LogP contribution in [-0.4, -0.2) is 5.97 Å². The Labute approximate surface area is 95.2 Å². The average molecular weight is 227 g/mol. The quantitative estimate of drug-likeness (QED) is 0.582. The molecule has 1 aromatic rings. The molecule has 0 heterocycles. The van der Waals surface area contributed by atoms with Crippen molar-refractivity contribution in [2.45, 2.75) is 27.2 Å². The Hall–Kier alpha value is -1.02. The van der Waals surface area contributed by atoms with Crippen LogP contribution >= 0.6 is 11.6 Å². The van der Waals surface area contributed by atoms with Crippen LogP contribution in [0.2, 0.25) is 5.02 Å². The van der Waals surface area contributed by atoms with Gasteiger partial charge < -0.3 is 4.74 Å². The Kier molecular flexibility index (Phi) is 4.15. The monoisotopic (exact) mass is 226 g/mol.